The molecule has 0 saturated carbocycles. The Morgan fingerprint density at radius 3 is 2.03 bits per heavy atom. The Morgan fingerprint density at radius 2 is 1.50 bits per heavy atom. The summed E-state index contributed by atoms with van der Waals surface area (Å²) >= 11 is 0. The minimum Gasteiger partial charge on any atom is -0.618 e. The van der Waals surface area contributed by atoms with Crippen LogP contribution in [-0.4, -0.2) is 18.2 Å². The summed E-state index contributed by atoms with van der Waals surface area (Å²) in [5, 5.41) is 21.8. The summed E-state index contributed by atoms with van der Waals surface area (Å²) < 4.78 is 17.7. The van der Waals surface area contributed by atoms with Gasteiger partial charge in [-0.05, 0) is 28.8 Å². The molecule has 0 fully saturated rings. The third-order valence-corrected chi connectivity index (χ3v) is 5.20. The van der Waals surface area contributed by atoms with E-state index in [-0.39, 0.29) is 22.8 Å². The Hall–Kier alpha value is -4.52. The summed E-state index contributed by atoms with van der Waals surface area (Å²) in [7, 11) is 1.59. The Balaban J connectivity index is 1.70. The van der Waals surface area contributed by atoms with Crippen LogP contribution in [0.4, 0.5) is 0 Å². The first kappa shape index (κ1) is 22.7. The van der Waals surface area contributed by atoms with E-state index in [9.17, 15) is 15.1 Å². The molecule has 0 saturated heterocycles. The standard InChI is InChI=1S/C27H23NO6/c1-32-22-14-12-19(13-15-22)18-33-25-17-28(31)23(27(29)30)16-24(25)34-26(20-8-4-2-5-9-20)21-10-6-3-7-11-21/h2-17,26H,18H2,1H3,(H,29,30). The fraction of sp³-hybridized carbons (Fsp3) is 0.111. The zero-order chi connectivity index (χ0) is 23.9. The number of aromatic carboxylic acids is 1. The Labute approximate surface area is 197 Å². The summed E-state index contributed by atoms with van der Waals surface area (Å²) in [4.78, 5) is 11.6. The van der Waals surface area contributed by atoms with Crippen molar-refractivity contribution in [1.29, 1.82) is 0 Å². The van der Waals surface area contributed by atoms with Gasteiger partial charge in [0, 0.05) is 0 Å². The predicted octanol–water partition coefficient (Wildman–Crippen LogP) is 4.77. The number of pyridine rings is 1. The number of benzene rings is 3. The zero-order valence-corrected chi connectivity index (χ0v) is 18.5. The van der Waals surface area contributed by atoms with Gasteiger partial charge in [-0.15, -0.1) is 0 Å². The maximum Gasteiger partial charge on any atom is 0.402 e. The minimum atomic E-state index is -1.36. The number of methoxy groups -OCH3 is 1. The van der Waals surface area contributed by atoms with Crippen molar-refractivity contribution in [2.45, 2.75) is 12.7 Å². The lowest BCUT2D eigenvalue weighted by Crippen LogP contribution is -2.34. The van der Waals surface area contributed by atoms with Crippen LogP contribution in [0.1, 0.15) is 33.3 Å². The molecule has 34 heavy (non-hydrogen) atoms. The molecular weight excluding hydrogens is 434 g/mol. The predicted molar refractivity (Wildman–Crippen MR) is 125 cm³/mol. The van der Waals surface area contributed by atoms with E-state index in [1.807, 2.05) is 72.8 Å². The number of aromatic nitrogens is 1. The van der Waals surface area contributed by atoms with Crippen LogP contribution in [0.5, 0.6) is 17.2 Å². The largest absolute Gasteiger partial charge is 0.618 e. The molecule has 1 aromatic heterocycles. The van der Waals surface area contributed by atoms with E-state index in [0.29, 0.717) is 5.75 Å². The molecule has 0 aliphatic rings. The van der Waals surface area contributed by atoms with E-state index in [0.717, 1.165) is 22.9 Å². The van der Waals surface area contributed by atoms with E-state index in [1.165, 1.54) is 6.07 Å². The Bertz CT molecular complexity index is 1200. The second kappa shape index (κ2) is 10.4. The second-order valence-electron chi connectivity index (χ2n) is 7.47. The molecule has 7 heteroatoms. The second-order valence-corrected chi connectivity index (χ2v) is 7.47. The van der Waals surface area contributed by atoms with Crippen molar-refractivity contribution in [2.24, 2.45) is 0 Å². The SMILES string of the molecule is COc1ccc(COc2c[n+]([O-])c(C(=O)O)cc2OC(c2ccccc2)c2ccccc2)cc1. The third kappa shape index (κ3) is 5.27. The molecule has 0 bridgehead atoms. The fourth-order valence-corrected chi connectivity index (χ4v) is 3.45. The van der Waals surface area contributed by atoms with Crippen molar-refractivity contribution in [3.05, 3.63) is 125 Å². The van der Waals surface area contributed by atoms with Crippen molar-refractivity contribution >= 4 is 5.97 Å². The normalized spacial score (nSPS) is 10.6. The Morgan fingerprint density at radius 1 is 0.912 bits per heavy atom. The van der Waals surface area contributed by atoms with Gasteiger partial charge in [0.05, 0.1) is 13.2 Å². The van der Waals surface area contributed by atoms with E-state index in [1.54, 1.807) is 19.2 Å². The molecule has 7 nitrogen and oxygen atoms in total. The van der Waals surface area contributed by atoms with E-state index in [2.05, 4.69) is 0 Å². The number of carbonyl (C=O) groups is 1. The van der Waals surface area contributed by atoms with E-state index in [4.69, 9.17) is 14.2 Å². The molecule has 4 aromatic rings. The highest BCUT2D eigenvalue weighted by Crippen LogP contribution is 2.34. The summed E-state index contributed by atoms with van der Waals surface area (Å²) in [6.45, 7) is 0.147. The molecule has 172 valence electrons. The number of hydrogen-bond acceptors (Lipinski definition) is 5. The van der Waals surface area contributed by atoms with Gasteiger partial charge in [0.15, 0.2) is 5.75 Å². The molecule has 0 aliphatic carbocycles. The summed E-state index contributed by atoms with van der Waals surface area (Å²) in [6, 6.07) is 27.6. The average Bonchev–Trinajstić information content (AvgIpc) is 2.88. The van der Waals surface area contributed by atoms with Crippen LogP contribution < -0.4 is 18.9 Å². The van der Waals surface area contributed by atoms with Crippen molar-refractivity contribution in [1.82, 2.24) is 0 Å². The fourth-order valence-electron chi connectivity index (χ4n) is 3.45. The maximum atomic E-state index is 12.3. The first-order valence-electron chi connectivity index (χ1n) is 10.6. The van der Waals surface area contributed by atoms with Crippen LogP contribution in [-0.2, 0) is 6.61 Å². The lowest BCUT2D eigenvalue weighted by molar-refractivity contribution is -0.608. The first-order valence-corrected chi connectivity index (χ1v) is 10.6. The molecule has 3 aromatic carbocycles. The third-order valence-electron chi connectivity index (χ3n) is 5.20. The van der Waals surface area contributed by atoms with Gasteiger partial charge in [-0.1, -0.05) is 72.8 Å². The number of rotatable bonds is 9. The molecule has 4 rings (SSSR count). The molecular formula is C27H23NO6. The first-order chi connectivity index (χ1) is 16.5. The maximum absolute atomic E-state index is 12.3. The average molecular weight is 457 g/mol. The molecule has 0 radical (unpaired) electrons. The lowest BCUT2D eigenvalue weighted by atomic mass is 10.0. The van der Waals surface area contributed by atoms with Crippen LogP contribution in [0.25, 0.3) is 0 Å². The summed E-state index contributed by atoms with van der Waals surface area (Å²) in [5.41, 5.74) is 2.11. The van der Waals surface area contributed by atoms with Gasteiger partial charge in [0.2, 0.25) is 11.9 Å². The van der Waals surface area contributed by atoms with Crippen LogP contribution >= 0.6 is 0 Å². The quantitative estimate of drug-likeness (QED) is 0.287. The van der Waals surface area contributed by atoms with Gasteiger partial charge < -0.3 is 24.5 Å². The highest BCUT2D eigenvalue weighted by Gasteiger charge is 2.25. The summed E-state index contributed by atoms with van der Waals surface area (Å²) in [6.07, 6.45) is 0.532. The van der Waals surface area contributed by atoms with Crippen molar-refractivity contribution in [3.63, 3.8) is 0 Å². The molecule has 0 unspecified atom stereocenters. The highest BCUT2D eigenvalue weighted by atomic mass is 16.5. The molecule has 0 atom stereocenters. The molecule has 1 N–H and O–H groups in total. The monoisotopic (exact) mass is 457 g/mol. The zero-order valence-electron chi connectivity index (χ0n) is 18.5. The molecule has 0 spiro atoms. The van der Waals surface area contributed by atoms with Crippen LogP contribution in [0.2, 0.25) is 0 Å². The highest BCUT2D eigenvalue weighted by molar-refractivity contribution is 5.84. The van der Waals surface area contributed by atoms with Gasteiger partial charge in [0.25, 0.3) is 0 Å². The minimum absolute atomic E-state index is 0.132. The van der Waals surface area contributed by atoms with Crippen molar-refractivity contribution in [3.8, 4) is 17.2 Å². The summed E-state index contributed by atoms with van der Waals surface area (Å²) in [5.74, 6) is -0.370. The van der Waals surface area contributed by atoms with E-state index < -0.39 is 17.8 Å². The molecule has 0 aliphatic heterocycles. The van der Waals surface area contributed by atoms with E-state index >= 15 is 0 Å². The number of nitrogens with zero attached hydrogens (tertiary/aromatic N) is 1. The van der Waals surface area contributed by atoms with Gasteiger partial charge >= 0.3 is 11.7 Å². The van der Waals surface area contributed by atoms with Crippen LogP contribution in [0.3, 0.4) is 0 Å². The van der Waals surface area contributed by atoms with Gasteiger partial charge in [-0.2, -0.15) is 4.73 Å². The van der Waals surface area contributed by atoms with Crippen LogP contribution in [0.15, 0.2) is 97.2 Å². The van der Waals surface area contributed by atoms with Gasteiger partial charge in [-0.25, -0.2) is 4.79 Å². The lowest BCUT2D eigenvalue weighted by Gasteiger charge is -2.22. The van der Waals surface area contributed by atoms with Gasteiger partial charge in [-0.3, -0.25) is 0 Å². The molecule has 0 amide bonds. The number of hydrogen-bond donors (Lipinski definition) is 1. The smallest absolute Gasteiger partial charge is 0.402 e. The van der Waals surface area contributed by atoms with Crippen molar-refractivity contribution < 1.29 is 28.8 Å². The number of carboxylic acids is 1. The molecule has 1 heterocycles. The number of ether oxygens (including phenoxy) is 3. The topological polar surface area (TPSA) is 91.9 Å². The van der Waals surface area contributed by atoms with Crippen LogP contribution in [0, 0.1) is 5.21 Å². The van der Waals surface area contributed by atoms with Crippen molar-refractivity contribution in [2.75, 3.05) is 7.11 Å². The Kier molecular flexibility index (Phi) is 6.93. The number of carboxylic acid groups (broad SMARTS) is 1. The van der Waals surface area contributed by atoms with Gasteiger partial charge in [0.1, 0.15) is 18.5 Å².